The number of rotatable bonds is 3. The van der Waals surface area contributed by atoms with Gasteiger partial charge in [-0.2, -0.15) is 0 Å². The number of pyridine rings is 1. The van der Waals surface area contributed by atoms with Crippen LogP contribution in [0.1, 0.15) is 19.3 Å². The van der Waals surface area contributed by atoms with Crippen LogP contribution in [0.2, 0.25) is 0 Å². The highest BCUT2D eigenvalue weighted by Crippen LogP contribution is 2.29. The monoisotopic (exact) mass is 207 g/mol. The van der Waals surface area contributed by atoms with Gasteiger partial charge in [-0.15, -0.1) is 0 Å². The van der Waals surface area contributed by atoms with Crippen LogP contribution in [0.5, 0.6) is 5.75 Å². The molecule has 1 aromatic heterocycles. The smallest absolute Gasteiger partial charge is 0.310 e. The van der Waals surface area contributed by atoms with Crippen molar-refractivity contribution in [3.05, 3.63) is 24.5 Å². The van der Waals surface area contributed by atoms with Gasteiger partial charge >= 0.3 is 5.97 Å². The molecular formula is C11H13NO3. The fourth-order valence-corrected chi connectivity index (χ4v) is 1.94. The Morgan fingerprint density at radius 1 is 1.53 bits per heavy atom. The number of nitrogens with zero attached hydrogens (tertiary/aromatic N) is 1. The van der Waals surface area contributed by atoms with Crippen molar-refractivity contribution < 1.29 is 14.6 Å². The van der Waals surface area contributed by atoms with Crippen molar-refractivity contribution in [3.8, 4) is 5.75 Å². The molecule has 0 spiro atoms. The van der Waals surface area contributed by atoms with Gasteiger partial charge in [-0.25, -0.2) is 0 Å². The Hall–Kier alpha value is -1.58. The summed E-state index contributed by atoms with van der Waals surface area (Å²) in [5.41, 5.74) is 0. The molecule has 0 aromatic carbocycles. The van der Waals surface area contributed by atoms with Gasteiger partial charge in [0.1, 0.15) is 11.9 Å². The van der Waals surface area contributed by atoms with E-state index in [1.807, 2.05) is 0 Å². The fraction of sp³-hybridized carbons (Fsp3) is 0.455. The van der Waals surface area contributed by atoms with E-state index in [0.717, 1.165) is 12.8 Å². The number of carboxylic acid groups (broad SMARTS) is 1. The lowest BCUT2D eigenvalue weighted by molar-refractivity contribution is -0.144. The molecule has 0 radical (unpaired) electrons. The number of hydrogen-bond acceptors (Lipinski definition) is 3. The first-order chi connectivity index (χ1) is 7.27. The second kappa shape index (κ2) is 4.29. The van der Waals surface area contributed by atoms with Crippen molar-refractivity contribution in [1.29, 1.82) is 0 Å². The average Bonchev–Trinajstić information content (AvgIpc) is 2.67. The van der Waals surface area contributed by atoms with E-state index in [1.165, 1.54) is 0 Å². The number of aliphatic carboxylic acids is 1. The van der Waals surface area contributed by atoms with E-state index in [0.29, 0.717) is 12.2 Å². The molecule has 2 rings (SSSR count). The molecule has 0 saturated heterocycles. The summed E-state index contributed by atoms with van der Waals surface area (Å²) in [6.45, 7) is 0. The van der Waals surface area contributed by atoms with Crippen molar-refractivity contribution in [1.82, 2.24) is 4.98 Å². The van der Waals surface area contributed by atoms with E-state index in [9.17, 15) is 4.79 Å². The molecule has 80 valence electrons. The molecule has 1 fully saturated rings. The van der Waals surface area contributed by atoms with E-state index in [4.69, 9.17) is 9.84 Å². The van der Waals surface area contributed by atoms with Crippen molar-refractivity contribution in [2.45, 2.75) is 25.4 Å². The van der Waals surface area contributed by atoms with Crippen molar-refractivity contribution in [2.24, 2.45) is 5.92 Å². The van der Waals surface area contributed by atoms with Gasteiger partial charge in [0.25, 0.3) is 0 Å². The Morgan fingerprint density at radius 3 is 3.07 bits per heavy atom. The van der Waals surface area contributed by atoms with Gasteiger partial charge in [0, 0.05) is 6.20 Å². The van der Waals surface area contributed by atoms with Crippen molar-refractivity contribution >= 4 is 5.97 Å². The first-order valence-electron chi connectivity index (χ1n) is 5.07. The van der Waals surface area contributed by atoms with Gasteiger partial charge in [-0.1, -0.05) is 0 Å². The molecule has 1 N–H and O–H groups in total. The standard InChI is InChI=1S/C11H13NO3/c13-11(14)9-4-1-5-10(9)15-8-3-2-6-12-7-8/h2-3,6-7,9-10H,1,4-5H2,(H,13,14). The molecule has 1 saturated carbocycles. The summed E-state index contributed by atoms with van der Waals surface area (Å²) in [6.07, 6.45) is 5.51. The van der Waals surface area contributed by atoms with Crippen molar-refractivity contribution in [3.63, 3.8) is 0 Å². The number of carbonyl (C=O) groups is 1. The van der Waals surface area contributed by atoms with Gasteiger partial charge in [0.15, 0.2) is 0 Å². The average molecular weight is 207 g/mol. The Morgan fingerprint density at radius 2 is 2.40 bits per heavy atom. The van der Waals surface area contributed by atoms with E-state index in [2.05, 4.69) is 4.98 Å². The summed E-state index contributed by atoms with van der Waals surface area (Å²) >= 11 is 0. The molecule has 4 heteroatoms. The topological polar surface area (TPSA) is 59.4 Å². The quantitative estimate of drug-likeness (QED) is 0.819. The van der Waals surface area contributed by atoms with E-state index in [1.54, 1.807) is 24.5 Å². The van der Waals surface area contributed by atoms with Gasteiger partial charge < -0.3 is 9.84 Å². The third-order valence-electron chi connectivity index (χ3n) is 2.69. The predicted molar refractivity (Wildman–Crippen MR) is 53.6 cm³/mol. The summed E-state index contributed by atoms with van der Waals surface area (Å²) in [6, 6.07) is 3.57. The largest absolute Gasteiger partial charge is 0.488 e. The van der Waals surface area contributed by atoms with Gasteiger partial charge in [0.05, 0.1) is 12.1 Å². The second-order valence-corrected chi connectivity index (χ2v) is 3.72. The third kappa shape index (κ3) is 2.26. The highest BCUT2D eigenvalue weighted by Gasteiger charge is 2.34. The molecule has 2 unspecified atom stereocenters. The molecule has 1 heterocycles. The van der Waals surface area contributed by atoms with Gasteiger partial charge in [-0.05, 0) is 31.4 Å². The molecular weight excluding hydrogens is 194 g/mol. The number of carboxylic acids is 1. The van der Waals surface area contributed by atoms with Crippen LogP contribution >= 0.6 is 0 Å². The maximum absolute atomic E-state index is 10.9. The normalized spacial score (nSPS) is 25.1. The lowest BCUT2D eigenvalue weighted by Gasteiger charge is -2.17. The lowest BCUT2D eigenvalue weighted by atomic mass is 10.1. The highest BCUT2D eigenvalue weighted by atomic mass is 16.5. The summed E-state index contributed by atoms with van der Waals surface area (Å²) in [5, 5.41) is 8.97. The molecule has 1 aromatic rings. The Kier molecular flexibility index (Phi) is 2.85. The summed E-state index contributed by atoms with van der Waals surface area (Å²) in [4.78, 5) is 14.8. The fourth-order valence-electron chi connectivity index (χ4n) is 1.94. The SMILES string of the molecule is O=C(O)C1CCCC1Oc1cccnc1. The van der Waals surface area contributed by atoms with Crippen molar-refractivity contribution in [2.75, 3.05) is 0 Å². The Bertz CT molecular complexity index is 339. The molecule has 1 aliphatic rings. The minimum absolute atomic E-state index is 0.202. The van der Waals surface area contributed by atoms with Crippen LogP contribution in [0.3, 0.4) is 0 Å². The summed E-state index contributed by atoms with van der Waals surface area (Å²) < 4.78 is 5.61. The van der Waals surface area contributed by atoms with Crippen LogP contribution in [0.15, 0.2) is 24.5 Å². The lowest BCUT2D eigenvalue weighted by Crippen LogP contribution is -2.27. The zero-order valence-electron chi connectivity index (χ0n) is 8.30. The van der Waals surface area contributed by atoms with E-state index < -0.39 is 5.97 Å². The highest BCUT2D eigenvalue weighted by molar-refractivity contribution is 5.71. The third-order valence-corrected chi connectivity index (χ3v) is 2.69. The molecule has 1 aliphatic carbocycles. The maximum Gasteiger partial charge on any atom is 0.310 e. The Balaban J connectivity index is 2.03. The zero-order valence-corrected chi connectivity index (χ0v) is 8.30. The molecule has 0 amide bonds. The molecule has 4 nitrogen and oxygen atoms in total. The minimum atomic E-state index is -0.763. The van der Waals surface area contributed by atoms with E-state index >= 15 is 0 Å². The predicted octanol–water partition coefficient (Wildman–Crippen LogP) is 1.71. The minimum Gasteiger partial charge on any atom is -0.488 e. The molecule has 0 aliphatic heterocycles. The summed E-state index contributed by atoms with van der Waals surface area (Å²) in [7, 11) is 0. The number of ether oxygens (including phenoxy) is 1. The first kappa shape index (κ1) is 9.96. The molecule has 0 bridgehead atoms. The Labute approximate surface area is 87.9 Å². The van der Waals surface area contributed by atoms with Gasteiger partial charge in [-0.3, -0.25) is 9.78 Å². The van der Waals surface area contributed by atoms with E-state index in [-0.39, 0.29) is 12.0 Å². The first-order valence-corrected chi connectivity index (χ1v) is 5.07. The maximum atomic E-state index is 10.9. The zero-order chi connectivity index (χ0) is 10.7. The summed E-state index contributed by atoms with van der Waals surface area (Å²) in [5.74, 6) is -0.484. The van der Waals surface area contributed by atoms with Crippen LogP contribution in [0.25, 0.3) is 0 Å². The van der Waals surface area contributed by atoms with Crippen LogP contribution in [0, 0.1) is 5.92 Å². The van der Waals surface area contributed by atoms with Crippen LogP contribution in [-0.4, -0.2) is 22.2 Å². The van der Waals surface area contributed by atoms with Crippen LogP contribution < -0.4 is 4.74 Å². The molecule has 15 heavy (non-hydrogen) atoms. The second-order valence-electron chi connectivity index (χ2n) is 3.72. The number of aromatic nitrogens is 1. The van der Waals surface area contributed by atoms with Crippen LogP contribution in [0.4, 0.5) is 0 Å². The van der Waals surface area contributed by atoms with Gasteiger partial charge in [0.2, 0.25) is 0 Å². The number of hydrogen-bond donors (Lipinski definition) is 1. The molecule has 2 atom stereocenters. The van der Waals surface area contributed by atoms with Crippen LogP contribution in [-0.2, 0) is 4.79 Å².